The molecular formula is C15H19N3O2. The molecule has 1 atom stereocenters. The van der Waals surface area contributed by atoms with Crippen molar-refractivity contribution in [1.82, 2.24) is 9.97 Å². The average Bonchev–Trinajstić information content (AvgIpc) is 2.43. The third-order valence-electron chi connectivity index (χ3n) is 3.15. The predicted octanol–water partition coefficient (Wildman–Crippen LogP) is 3.03. The van der Waals surface area contributed by atoms with E-state index in [-0.39, 0.29) is 5.92 Å². The summed E-state index contributed by atoms with van der Waals surface area (Å²) in [7, 11) is 0. The van der Waals surface area contributed by atoms with Crippen LogP contribution in [0, 0.1) is 0 Å². The number of rotatable bonds is 5. The number of aromatic nitrogens is 2. The lowest BCUT2D eigenvalue weighted by atomic mass is 10.1. The van der Waals surface area contributed by atoms with Crippen LogP contribution in [-0.2, 0) is 4.79 Å². The Kier molecular flexibility index (Phi) is 4.17. The molecule has 106 valence electrons. The van der Waals surface area contributed by atoms with Gasteiger partial charge in [-0.2, -0.15) is 0 Å². The third-order valence-corrected chi connectivity index (χ3v) is 3.15. The van der Waals surface area contributed by atoms with Gasteiger partial charge in [0.2, 0.25) is 0 Å². The van der Waals surface area contributed by atoms with E-state index in [9.17, 15) is 9.90 Å². The predicted molar refractivity (Wildman–Crippen MR) is 79.0 cm³/mol. The van der Waals surface area contributed by atoms with Crippen LogP contribution in [0.15, 0.2) is 24.3 Å². The first-order chi connectivity index (χ1) is 9.52. The highest BCUT2D eigenvalue weighted by atomic mass is 16.4. The number of para-hydroxylation sites is 1. The second kappa shape index (κ2) is 5.86. The molecule has 0 amide bonds. The van der Waals surface area contributed by atoms with Crippen molar-refractivity contribution in [2.45, 2.75) is 39.2 Å². The van der Waals surface area contributed by atoms with Crippen molar-refractivity contribution in [3.05, 3.63) is 30.1 Å². The van der Waals surface area contributed by atoms with Crippen LogP contribution in [0.3, 0.4) is 0 Å². The monoisotopic (exact) mass is 273 g/mol. The molecule has 0 fully saturated rings. The van der Waals surface area contributed by atoms with Gasteiger partial charge in [0.25, 0.3) is 0 Å². The Bertz CT molecular complexity index is 626. The molecule has 0 bridgehead atoms. The van der Waals surface area contributed by atoms with Gasteiger partial charge in [-0.25, -0.2) is 14.8 Å². The summed E-state index contributed by atoms with van der Waals surface area (Å²) >= 11 is 0. The van der Waals surface area contributed by atoms with Crippen molar-refractivity contribution in [2.24, 2.45) is 0 Å². The average molecular weight is 273 g/mol. The number of nitrogens with zero attached hydrogens (tertiary/aromatic N) is 2. The number of carboxylic acid groups (broad SMARTS) is 1. The molecule has 1 aromatic carbocycles. The smallest absolute Gasteiger partial charge is 0.326 e. The fourth-order valence-corrected chi connectivity index (χ4v) is 1.97. The second-order valence-electron chi connectivity index (χ2n) is 5.05. The number of carbonyl (C=O) groups is 1. The van der Waals surface area contributed by atoms with E-state index in [0.717, 1.165) is 10.9 Å². The normalized spacial score (nSPS) is 12.6. The number of hydrogen-bond acceptors (Lipinski definition) is 4. The van der Waals surface area contributed by atoms with Gasteiger partial charge in [-0.3, -0.25) is 0 Å². The van der Waals surface area contributed by atoms with Gasteiger partial charge >= 0.3 is 5.97 Å². The lowest BCUT2D eigenvalue weighted by Crippen LogP contribution is -2.29. The molecule has 2 N–H and O–H groups in total. The summed E-state index contributed by atoms with van der Waals surface area (Å²) in [5.74, 6) is 0.617. The largest absolute Gasteiger partial charge is 0.480 e. The Hall–Kier alpha value is -2.17. The van der Waals surface area contributed by atoms with E-state index in [4.69, 9.17) is 0 Å². The molecule has 0 saturated carbocycles. The van der Waals surface area contributed by atoms with Crippen LogP contribution in [0.2, 0.25) is 0 Å². The first-order valence-corrected chi connectivity index (χ1v) is 6.79. The lowest BCUT2D eigenvalue weighted by molar-refractivity contribution is -0.137. The molecule has 0 spiro atoms. The highest BCUT2D eigenvalue weighted by Gasteiger charge is 2.18. The van der Waals surface area contributed by atoms with Gasteiger partial charge in [-0.05, 0) is 18.6 Å². The molecular weight excluding hydrogens is 254 g/mol. The molecule has 0 aliphatic carbocycles. The van der Waals surface area contributed by atoms with Gasteiger partial charge in [0.15, 0.2) is 0 Å². The highest BCUT2D eigenvalue weighted by Crippen LogP contribution is 2.23. The molecule has 20 heavy (non-hydrogen) atoms. The van der Waals surface area contributed by atoms with Gasteiger partial charge in [0, 0.05) is 11.3 Å². The molecule has 1 heterocycles. The Morgan fingerprint density at radius 3 is 2.60 bits per heavy atom. The van der Waals surface area contributed by atoms with Crippen molar-refractivity contribution in [3.8, 4) is 0 Å². The lowest BCUT2D eigenvalue weighted by Gasteiger charge is -2.16. The maximum Gasteiger partial charge on any atom is 0.326 e. The molecule has 2 aromatic rings. The first-order valence-electron chi connectivity index (χ1n) is 6.79. The van der Waals surface area contributed by atoms with Gasteiger partial charge in [-0.1, -0.05) is 32.9 Å². The van der Waals surface area contributed by atoms with Gasteiger partial charge in [0.1, 0.15) is 17.7 Å². The van der Waals surface area contributed by atoms with E-state index in [1.807, 2.05) is 45.0 Å². The van der Waals surface area contributed by atoms with Crippen LogP contribution in [0.25, 0.3) is 10.9 Å². The summed E-state index contributed by atoms with van der Waals surface area (Å²) < 4.78 is 0. The van der Waals surface area contributed by atoms with Crippen LogP contribution >= 0.6 is 0 Å². The Morgan fingerprint density at radius 1 is 1.30 bits per heavy atom. The third kappa shape index (κ3) is 2.87. The summed E-state index contributed by atoms with van der Waals surface area (Å²) in [6.07, 6.45) is 0.491. The van der Waals surface area contributed by atoms with Crippen molar-refractivity contribution in [1.29, 1.82) is 0 Å². The Balaban J connectivity index is 2.52. The van der Waals surface area contributed by atoms with Crippen LogP contribution in [0.5, 0.6) is 0 Å². The van der Waals surface area contributed by atoms with Crippen LogP contribution in [0.4, 0.5) is 5.82 Å². The summed E-state index contributed by atoms with van der Waals surface area (Å²) in [5, 5.41) is 13.0. The fourth-order valence-electron chi connectivity index (χ4n) is 1.97. The Morgan fingerprint density at radius 2 is 2.00 bits per heavy atom. The first kappa shape index (κ1) is 14.2. The summed E-state index contributed by atoms with van der Waals surface area (Å²) in [6, 6.07) is 6.98. The molecule has 5 heteroatoms. The molecule has 0 aliphatic heterocycles. The summed E-state index contributed by atoms with van der Waals surface area (Å²) in [5.41, 5.74) is 0.828. The molecule has 0 saturated heterocycles. The molecule has 1 unspecified atom stereocenters. The maximum absolute atomic E-state index is 11.2. The fraction of sp³-hybridized carbons (Fsp3) is 0.400. The number of nitrogens with one attached hydrogen (secondary N) is 1. The molecule has 1 aromatic heterocycles. The number of fused-ring (bicyclic) bond motifs is 1. The number of anilines is 1. The van der Waals surface area contributed by atoms with Crippen molar-refractivity contribution < 1.29 is 9.90 Å². The van der Waals surface area contributed by atoms with Crippen LogP contribution < -0.4 is 5.32 Å². The minimum atomic E-state index is -0.874. The zero-order chi connectivity index (χ0) is 14.7. The number of hydrogen-bond donors (Lipinski definition) is 2. The number of benzene rings is 1. The van der Waals surface area contributed by atoms with E-state index in [0.29, 0.717) is 18.1 Å². The van der Waals surface area contributed by atoms with E-state index in [1.165, 1.54) is 0 Å². The molecule has 0 aliphatic rings. The Labute approximate surface area is 118 Å². The minimum absolute atomic E-state index is 0.185. The van der Waals surface area contributed by atoms with Gasteiger partial charge in [-0.15, -0.1) is 0 Å². The second-order valence-corrected chi connectivity index (χ2v) is 5.05. The van der Waals surface area contributed by atoms with E-state index in [2.05, 4.69) is 15.3 Å². The van der Waals surface area contributed by atoms with E-state index < -0.39 is 12.0 Å². The highest BCUT2D eigenvalue weighted by molar-refractivity contribution is 5.90. The van der Waals surface area contributed by atoms with E-state index >= 15 is 0 Å². The number of carboxylic acids is 1. The maximum atomic E-state index is 11.2. The molecule has 2 rings (SSSR count). The SMILES string of the molecule is CCC(Nc1nc(C(C)C)nc2ccccc12)C(=O)O. The summed E-state index contributed by atoms with van der Waals surface area (Å²) in [4.78, 5) is 20.2. The zero-order valence-corrected chi connectivity index (χ0v) is 11.9. The van der Waals surface area contributed by atoms with Crippen LogP contribution in [-0.4, -0.2) is 27.1 Å². The quantitative estimate of drug-likeness (QED) is 0.875. The number of aliphatic carboxylic acids is 1. The van der Waals surface area contributed by atoms with E-state index in [1.54, 1.807) is 0 Å². The minimum Gasteiger partial charge on any atom is -0.480 e. The summed E-state index contributed by atoms with van der Waals surface area (Å²) in [6.45, 7) is 5.86. The van der Waals surface area contributed by atoms with Gasteiger partial charge in [0.05, 0.1) is 5.52 Å². The molecule has 0 radical (unpaired) electrons. The van der Waals surface area contributed by atoms with Crippen molar-refractivity contribution in [2.75, 3.05) is 5.32 Å². The standard InChI is InChI=1S/C15H19N3O2/c1-4-11(15(19)20)16-14-10-7-5-6-8-12(10)17-13(18-14)9(2)3/h5-9,11H,4H2,1-3H3,(H,19,20)(H,16,17,18). The van der Waals surface area contributed by atoms with Crippen molar-refractivity contribution in [3.63, 3.8) is 0 Å². The zero-order valence-electron chi connectivity index (χ0n) is 11.9. The molecule has 5 nitrogen and oxygen atoms in total. The van der Waals surface area contributed by atoms with Crippen molar-refractivity contribution >= 4 is 22.7 Å². The van der Waals surface area contributed by atoms with Gasteiger partial charge < -0.3 is 10.4 Å². The van der Waals surface area contributed by atoms with Crippen LogP contribution in [0.1, 0.15) is 38.9 Å². The topological polar surface area (TPSA) is 75.1 Å².